The van der Waals surface area contributed by atoms with Crippen molar-refractivity contribution in [2.75, 3.05) is 11.9 Å². The zero-order valence-electron chi connectivity index (χ0n) is 25.9. The van der Waals surface area contributed by atoms with Gasteiger partial charge in [0.25, 0.3) is 11.8 Å². The number of carbonyl (C=O) groups excluding carboxylic acids is 2. The highest BCUT2D eigenvalue weighted by atomic mass is 16.2. The Morgan fingerprint density at radius 2 is 1.65 bits per heavy atom. The van der Waals surface area contributed by atoms with Crippen LogP contribution in [0.15, 0.2) is 78.9 Å². The lowest BCUT2D eigenvalue weighted by Gasteiger charge is -2.56. The monoisotopic (exact) mass is 570 g/mol. The number of aryl methyl sites for hydroxylation is 1. The number of anilines is 1. The standard InChI is InChI=1S/C39H42N2O2/c1-25(2)27-14-17-32-28(22-27)15-19-34-38(3,20-9-21-39(32,34)4)24-41-36(42)30-13-8-12-29-33(18-16-31(35(29)30)37(41)43)40-23-26-10-6-5-7-11-26/h5-8,10-14,16-18,22,25,34,40H,9,15,19-21,23-24H2,1-4H3/t34?,38-,39-/m1/s1. The Kier molecular flexibility index (Phi) is 6.72. The van der Waals surface area contributed by atoms with E-state index in [4.69, 9.17) is 0 Å². The van der Waals surface area contributed by atoms with Crippen molar-refractivity contribution in [3.8, 4) is 0 Å². The molecule has 1 saturated carbocycles. The Labute approximate surface area is 255 Å². The lowest BCUT2D eigenvalue weighted by atomic mass is 9.49. The molecule has 220 valence electrons. The van der Waals surface area contributed by atoms with Gasteiger partial charge in [0.2, 0.25) is 0 Å². The average Bonchev–Trinajstić information content (AvgIpc) is 3.01. The minimum Gasteiger partial charge on any atom is -0.380 e. The van der Waals surface area contributed by atoms with Crippen LogP contribution in [0.25, 0.3) is 10.8 Å². The van der Waals surface area contributed by atoms with Gasteiger partial charge in [-0.2, -0.15) is 0 Å². The highest BCUT2D eigenvalue weighted by Gasteiger charge is 2.53. The predicted molar refractivity (Wildman–Crippen MR) is 175 cm³/mol. The molecule has 0 radical (unpaired) electrons. The minimum absolute atomic E-state index is 0.0508. The third-order valence-corrected chi connectivity index (χ3v) is 11.0. The summed E-state index contributed by atoms with van der Waals surface area (Å²) in [5, 5.41) is 5.24. The Bertz CT molecular complexity index is 1720. The van der Waals surface area contributed by atoms with Crippen molar-refractivity contribution < 1.29 is 9.59 Å². The molecule has 2 amide bonds. The number of fused-ring (bicyclic) bond motifs is 3. The first-order valence-electron chi connectivity index (χ1n) is 16.0. The lowest BCUT2D eigenvalue weighted by Crippen LogP contribution is -2.55. The van der Waals surface area contributed by atoms with E-state index in [0.717, 1.165) is 48.6 Å². The fourth-order valence-corrected chi connectivity index (χ4v) is 8.79. The normalized spacial score (nSPS) is 24.7. The Morgan fingerprint density at radius 3 is 2.42 bits per heavy atom. The Balaban J connectivity index is 1.19. The summed E-state index contributed by atoms with van der Waals surface area (Å²) in [6, 6.07) is 27.2. The van der Waals surface area contributed by atoms with Crippen molar-refractivity contribution in [3.05, 3.63) is 112 Å². The van der Waals surface area contributed by atoms with Crippen LogP contribution in [0.1, 0.15) is 102 Å². The van der Waals surface area contributed by atoms with Crippen molar-refractivity contribution in [1.29, 1.82) is 0 Å². The van der Waals surface area contributed by atoms with E-state index in [1.165, 1.54) is 22.3 Å². The van der Waals surface area contributed by atoms with Crippen molar-refractivity contribution in [1.82, 2.24) is 4.90 Å². The highest BCUT2D eigenvalue weighted by molar-refractivity contribution is 6.26. The molecule has 0 saturated heterocycles. The van der Waals surface area contributed by atoms with E-state index < -0.39 is 0 Å². The largest absolute Gasteiger partial charge is 0.380 e. The van der Waals surface area contributed by atoms with E-state index in [1.807, 2.05) is 48.5 Å². The van der Waals surface area contributed by atoms with Crippen LogP contribution in [-0.4, -0.2) is 23.3 Å². The van der Waals surface area contributed by atoms with Gasteiger partial charge in [0.1, 0.15) is 0 Å². The van der Waals surface area contributed by atoms with Gasteiger partial charge in [0.15, 0.2) is 0 Å². The molecule has 3 atom stereocenters. The smallest absolute Gasteiger partial charge is 0.261 e. The molecule has 2 aliphatic carbocycles. The van der Waals surface area contributed by atoms with E-state index in [0.29, 0.717) is 36.1 Å². The van der Waals surface area contributed by atoms with Crippen LogP contribution in [0, 0.1) is 11.3 Å². The third-order valence-electron chi connectivity index (χ3n) is 11.0. The second kappa shape index (κ2) is 10.4. The average molecular weight is 571 g/mol. The maximum Gasteiger partial charge on any atom is 0.261 e. The second-order valence-electron chi connectivity index (χ2n) is 14.0. The van der Waals surface area contributed by atoms with Crippen molar-refractivity contribution in [2.45, 2.75) is 77.7 Å². The van der Waals surface area contributed by atoms with E-state index in [9.17, 15) is 9.59 Å². The maximum absolute atomic E-state index is 14.1. The lowest BCUT2D eigenvalue weighted by molar-refractivity contribution is 0.000256. The summed E-state index contributed by atoms with van der Waals surface area (Å²) in [7, 11) is 0. The third kappa shape index (κ3) is 4.49. The van der Waals surface area contributed by atoms with E-state index in [1.54, 1.807) is 4.90 Å². The molecule has 4 nitrogen and oxygen atoms in total. The van der Waals surface area contributed by atoms with Crippen LogP contribution in [0.5, 0.6) is 0 Å². The molecule has 4 heteroatoms. The number of hydrogen-bond donors (Lipinski definition) is 1. The van der Waals surface area contributed by atoms with Crippen molar-refractivity contribution >= 4 is 28.3 Å². The zero-order chi connectivity index (χ0) is 29.9. The topological polar surface area (TPSA) is 49.4 Å². The maximum atomic E-state index is 14.1. The first kappa shape index (κ1) is 27.9. The summed E-state index contributed by atoms with van der Waals surface area (Å²) in [5.74, 6) is 0.615. The fraction of sp³-hybridized carbons (Fsp3) is 0.385. The molecule has 7 rings (SSSR count). The van der Waals surface area contributed by atoms with Gasteiger partial charge in [0, 0.05) is 40.7 Å². The second-order valence-corrected chi connectivity index (χ2v) is 14.0. The number of imide groups is 1. The molecule has 0 bridgehead atoms. The minimum atomic E-state index is -0.158. The van der Waals surface area contributed by atoms with Crippen LogP contribution in [0.4, 0.5) is 5.69 Å². The molecular weight excluding hydrogens is 528 g/mol. The summed E-state index contributed by atoms with van der Waals surface area (Å²) in [4.78, 5) is 29.9. The zero-order valence-corrected chi connectivity index (χ0v) is 25.9. The molecule has 1 aliphatic heterocycles. The van der Waals surface area contributed by atoms with Crippen LogP contribution in [-0.2, 0) is 18.4 Å². The molecule has 1 fully saturated rings. The summed E-state index contributed by atoms with van der Waals surface area (Å²) in [5.41, 5.74) is 7.69. The molecule has 0 spiro atoms. The number of carbonyl (C=O) groups is 2. The van der Waals surface area contributed by atoms with Gasteiger partial charge >= 0.3 is 0 Å². The number of amides is 2. The van der Waals surface area contributed by atoms with E-state index >= 15 is 0 Å². The quantitative estimate of drug-likeness (QED) is 0.236. The first-order chi connectivity index (χ1) is 20.7. The van der Waals surface area contributed by atoms with Gasteiger partial charge in [-0.25, -0.2) is 0 Å². The number of nitrogens with one attached hydrogen (secondary N) is 1. The molecule has 1 heterocycles. The number of benzene rings is 4. The number of hydrogen-bond acceptors (Lipinski definition) is 3. The van der Waals surface area contributed by atoms with Crippen molar-refractivity contribution in [3.63, 3.8) is 0 Å². The van der Waals surface area contributed by atoms with E-state index in [2.05, 4.69) is 63.3 Å². The Morgan fingerprint density at radius 1 is 0.884 bits per heavy atom. The fourth-order valence-electron chi connectivity index (χ4n) is 8.79. The predicted octanol–water partition coefficient (Wildman–Crippen LogP) is 8.88. The van der Waals surface area contributed by atoms with Gasteiger partial charge in [0.05, 0.1) is 0 Å². The summed E-state index contributed by atoms with van der Waals surface area (Å²) in [6.07, 6.45) is 5.45. The molecule has 1 N–H and O–H groups in total. The summed E-state index contributed by atoms with van der Waals surface area (Å²) >= 11 is 0. The van der Waals surface area contributed by atoms with Crippen LogP contribution in [0.3, 0.4) is 0 Å². The SMILES string of the molecule is CC(C)c1ccc2c(c1)CCC1[C@@](C)(CN3C(=O)c4cccc5c(NCc6ccccc6)ccc(c45)C3=O)CCC[C@]21C. The summed E-state index contributed by atoms with van der Waals surface area (Å²) < 4.78 is 0. The first-order valence-corrected chi connectivity index (χ1v) is 16.0. The van der Waals surface area contributed by atoms with Gasteiger partial charge < -0.3 is 5.32 Å². The van der Waals surface area contributed by atoms with E-state index in [-0.39, 0.29) is 22.6 Å². The molecular formula is C39H42N2O2. The van der Waals surface area contributed by atoms with Gasteiger partial charge in [-0.05, 0) is 88.8 Å². The molecule has 4 aromatic carbocycles. The molecule has 4 aromatic rings. The van der Waals surface area contributed by atoms with Gasteiger partial charge in [-0.15, -0.1) is 0 Å². The molecule has 0 aromatic heterocycles. The molecule has 1 unspecified atom stereocenters. The molecule has 3 aliphatic rings. The summed E-state index contributed by atoms with van der Waals surface area (Å²) in [6.45, 7) is 10.5. The van der Waals surface area contributed by atoms with Gasteiger partial charge in [-0.3, -0.25) is 14.5 Å². The highest BCUT2D eigenvalue weighted by Crippen LogP contribution is 2.58. The number of nitrogens with zero attached hydrogens (tertiary/aromatic N) is 1. The number of rotatable bonds is 6. The van der Waals surface area contributed by atoms with Crippen LogP contribution >= 0.6 is 0 Å². The van der Waals surface area contributed by atoms with Gasteiger partial charge in [-0.1, -0.05) is 94.8 Å². The molecule has 43 heavy (non-hydrogen) atoms. The van der Waals surface area contributed by atoms with Crippen molar-refractivity contribution in [2.24, 2.45) is 11.3 Å². The Hall–Kier alpha value is -3.92. The van der Waals surface area contributed by atoms with Crippen LogP contribution < -0.4 is 5.32 Å². The van der Waals surface area contributed by atoms with Crippen LogP contribution in [0.2, 0.25) is 0 Å².